The first-order valence-corrected chi connectivity index (χ1v) is 5.23. The zero-order valence-electron chi connectivity index (χ0n) is 10.1. The average Bonchev–Trinajstić information content (AvgIpc) is 2.11. The molecule has 0 saturated heterocycles. The van der Waals surface area contributed by atoms with Gasteiger partial charge < -0.3 is 0 Å². The van der Waals surface area contributed by atoms with Crippen LogP contribution in [0, 0.1) is 20.8 Å². The number of benzene rings is 1. The zero-order valence-corrected chi connectivity index (χ0v) is 10.1. The molecule has 0 amide bonds. The number of nitrogens with zero attached hydrogens (tertiary/aromatic N) is 1. The van der Waals surface area contributed by atoms with Crippen LogP contribution >= 0.6 is 0 Å². The van der Waals surface area contributed by atoms with Gasteiger partial charge in [0.25, 0.3) is 0 Å². The molecule has 3 nitrogen and oxygen atoms in total. The summed E-state index contributed by atoms with van der Waals surface area (Å²) in [5.74, 6) is 5.29. The minimum Gasteiger partial charge on any atom is -0.288 e. The zero-order chi connectivity index (χ0) is 11.4. The van der Waals surface area contributed by atoms with Crippen LogP contribution in [-0.2, 0) is 6.54 Å². The molecule has 3 heteroatoms. The van der Waals surface area contributed by atoms with Crippen molar-refractivity contribution in [2.24, 2.45) is 5.84 Å². The fourth-order valence-electron chi connectivity index (χ4n) is 1.94. The number of rotatable bonds is 4. The summed E-state index contributed by atoms with van der Waals surface area (Å²) in [6.45, 7) is 8.10. The summed E-state index contributed by atoms with van der Waals surface area (Å²) in [5, 5.41) is 0. The second-order valence-corrected chi connectivity index (χ2v) is 4.25. The van der Waals surface area contributed by atoms with Gasteiger partial charge in [-0.3, -0.25) is 10.7 Å². The molecule has 0 heterocycles. The first-order valence-electron chi connectivity index (χ1n) is 5.23. The van der Waals surface area contributed by atoms with Crippen LogP contribution in [0.1, 0.15) is 22.3 Å². The van der Waals surface area contributed by atoms with Gasteiger partial charge in [-0.2, -0.15) is 0 Å². The predicted octanol–water partition coefficient (Wildman–Crippen LogP) is 1.46. The minimum atomic E-state index is 0.701. The molecular formula is C12H21N3. The van der Waals surface area contributed by atoms with E-state index in [1.165, 1.54) is 22.3 Å². The highest BCUT2D eigenvalue weighted by Gasteiger charge is 2.06. The molecule has 1 aromatic carbocycles. The lowest BCUT2D eigenvalue weighted by Gasteiger charge is -2.19. The maximum Gasteiger partial charge on any atom is 0.0612 e. The molecule has 0 aromatic heterocycles. The van der Waals surface area contributed by atoms with Crippen molar-refractivity contribution < 1.29 is 0 Å². The Morgan fingerprint density at radius 2 is 1.73 bits per heavy atom. The summed E-state index contributed by atoms with van der Waals surface area (Å²) in [5.41, 5.74) is 8.11. The second kappa shape index (κ2) is 5.26. The Morgan fingerprint density at radius 3 is 2.20 bits per heavy atom. The molecule has 0 bridgehead atoms. The largest absolute Gasteiger partial charge is 0.288 e. The molecule has 0 aliphatic rings. The number of aryl methyl sites for hydroxylation is 3. The third-order valence-corrected chi connectivity index (χ3v) is 2.63. The van der Waals surface area contributed by atoms with Gasteiger partial charge in [-0.05, 0) is 44.5 Å². The van der Waals surface area contributed by atoms with E-state index in [2.05, 4.69) is 50.3 Å². The molecule has 0 aliphatic heterocycles. The second-order valence-electron chi connectivity index (χ2n) is 4.25. The highest BCUT2D eigenvalue weighted by atomic mass is 15.3. The summed E-state index contributed by atoms with van der Waals surface area (Å²) < 4.78 is 0. The van der Waals surface area contributed by atoms with Crippen molar-refractivity contribution in [1.29, 1.82) is 0 Å². The van der Waals surface area contributed by atoms with Gasteiger partial charge in [0.05, 0.1) is 6.67 Å². The molecule has 3 N–H and O–H groups in total. The monoisotopic (exact) mass is 207 g/mol. The summed E-state index contributed by atoms with van der Waals surface area (Å²) in [6, 6.07) is 4.46. The summed E-state index contributed by atoms with van der Waals surface area (Å²) >= 11 is 0. The van der Waals surface area contributed by atoms with Crippen LogP contribution in [0.15, 0.2) is 12.1 Å². The fraction of sp³-hybridized carbons (Fsp3) is 0.500. The first kappa shape index (κ1) is 12.2. The molecule has 0 fully saturated rings. The first-order chi connectivity index (χ1) is 7.04. The smallest absolute Gasteiger partial charge is 0.0612 e. The van der Waals surface area contributed by atoms with E-state index >= 15 is 0 Å². The number of nitrogens with one attached hydrogen (secondary N) is 1. The number of nitrogens with two attached hydrogens (primary N) is 1. The van der Waals surface area contributed by atoms with E-state index in [9.17, 15) is 0 Å². The standard InChI is InChI=1S/C12H21N3/c1-9-5-10(2)12(11(3)6-9)7-15(4)8-14-13/h5-6,14H,7-8,13H2,1-4H3. The normalized spacial score (nSPS) is 11.1. The molecule has 0 aliphatic carbocycles. The predicted molar refractivity (Wildman–Crippen MR) is 64.3 cm³/mol. The summed E-state index contributed by atoms with van der Waals surface area (Å²) in [6.07, 6.45) is 0. The fourth-order valence-corrected chi connectivity index (χ4v) is 1.94. The van der Waals surface area contributed by atoms with Crippen LogP contribution in [0.5, 0.6) is 0 Å². The molecule has 1 rings (SSSR count). The highest BCUT2D eigenvalue weighted by Crippen LogP contribution is 2.17. The number of hydrazine groups is 1. The molecule has 0 unspecified atom stereocenters. The Morgan fingerprint density at radius 1 is 1.20 bits per heavy atom. The maximum absolute atomic E-state index is 5.29. The topological polar surface area (TPSA) is 41.3 Å². The molecule has 15 heavy (non-hydrogen) atoms. The van der Waals surface area contributed by atoms with Crippen molar-refractivity contribution in [3.8, 4) is 0 Å². The molecule has 1 aromatic rings. The molecule has 84 valence electrons. The lowest BCUT2D eigenvalue weighted by atomic mass is 9.99. The van der Waals surface area contributed by atoms with E-state index in [-0.39, 0.29) is 0 Å². The Hall–Kier alpha value is -0.900. The van der Waals surface area contributed by atoms with E-state index in [4.69, 9.17) is 5.84 Å². The van der Waals surface area contributed by atoms with Crippen molar-refractivity contribution >= 4 is 0 Å². The van der Waals surface area contributed by atoms with E-state index in [0.717, 1.165) is 6.54 Å². The van der Waals surface area contributed by atoms with Gasteiger partial charge in [0, 0.05) is 6.54 Å². The van der Waals surface area contributed by atoms with Crippen LogP contribution in [0.2, 0.25) is 0 Å². The van der Waals surface area contributed by atoms with Gasteiger partial charge in [-0.15, -0.1) is 0 Å². The van der Waals surface area contributed by atoms with Crippen molar-refractivity contribution in [3.05, 3.63) is 34.4 Å². The SMILES string of the molecule is Cc1cc(C)c(CN(C)CNN)c(C)c1. The Balaban J connectivity index is 2.85. The van der Waals surface area contributed by atoms with Gasteiger partial charge in [0.15, 0.2) is 0 Å². The third-order valence-electron chi connectivity index (χ3n) is 2.63. The van der Waals surface area contributed by atoms with E-state index in [1.807, 2.05) is 0 Å². The lowest BCUT2D eigenvalue weighted by Crippen LogP contribution is -2.35. The van der Waals surface area contributed by atoms with Gasteiger partial charge in [-0.25, -0.2) is 5.43 Å². The minimum absolute atomic E-state index is 0.701. The Bertz CT molecular complexity index is 311. The summed E-state index contributed by atoms with van der Waals surface area (Å²) in [4.78, 5) is 2.16. The van der Waals surface area contributed by atoms with Crippen molar-refractivity contribution in [1.82, 2.24) is 10.3 Å². The molecule has 0 saturated carbocycles. The van der Waals surface area contributed by atoms with E-state index < -0.39 is 0 Å². The van der Waals surface area contributed by atoms with E-state index in [0.29, 0.717) is 6.67 Å². The van der Waals surface area contributed by atoms with Gasteiger partial charge >= 0.3 is 0 Å². The van der Waals surface area contributed by atoms with E-state index in [1.54, 1.807) is 0 Å². The van der Waals surface area contributed by atoms with Gasteiger partial charge in [0.2, 0.25) is 0 Å². The van der Waals surface area contributed by atoms with Crippen molar-refractivity contribution in [3.63, 3.8) is 0 Å². The van der Waals surface area contributed by atoms with Crippen molar-refractivity contribution in [2.75, 3.05) is 13.7 Å². The number of hydrogen-bond donors (Lipinski definition) is 2. The lowest BCUT2D eigenvalue weighted by molar-refractivity contribution is 0.300. The number of hydrogen-bond acceptors (Lipinski definition) is 3. The van der Waals surface area contributed by atoms with Crippen molar-refractivity contribution in [2.45, 2.75) is 27.3 Å². The quantitative estimate of drug-likeness (QED) is 0.446. The molecular weight excluding hydrogens is 186 g/mol. The highest BCUT2D eigenvalue weighted by molar-refractivity contribution is 5.37. The maximum atomic E-state index is 5.29. The van der Waals surface area contributed by atoms with Gasteiger partial charge in [0.1, 0.15) is 0 Å². The Labute approximate surface area is 92.2 Å². The molecule has 0 atom stereocenters. The van der Waals surface area contributed by atoms with Crippen LogP contribution in [0.25, 0.3) is 0 Å². The van der Waals surface area contributed by atoms with Crippen LogP contribution in [0.3, 0.4) is 0 Å². The molecule has 0 spiro atoms. The summed E-state index contributed by atoms with van der Waals surface area (Å²) in [7, 11) is 2.05. The van der Waals surface area contributed by atoms with Gasteiger partial charge in [-0.1, -0.05) is 17.7 Å². The molecule has 0 radical (unpaired) electrons. The van der Waals surface area contributed by atoms with Crippen LogP contribution in [0.4, 0.5) is 0 Å². The van der Waals surface area contributed by atoms with Crippen LogP contribution < -0.4 is 11.3 Å². The van der Waals surface area contributed by atoms with Crippen LogP contribution in [-0.4, -0.2) is 18.6 Å². The average molecular weight is 207 g/mol. The third kappa shape index (κ3) is 3.30. The Kier molecular flexibility index (Phi) is 4.27.